The Morgan fingerprint density at radius 1 is 1.07 bits per heavy atom. The van der Waals surface area contributed by atoms with Crippen molar-refractivity contribution in [3.63, 3.8) is 0 Å². The van der Waals surface area contributed by atoms with Gasteiger partial charge in [0.05, 0.1) is 5.56 Å². The van der Waals surface area contributed by atoms with Crippen molar-refractivity contribution in [1.29, 1.82) is 0 Å². The van der Waals surface area contributed by atoms with Crippen molar-refractivity contribution in [2.75, 3.05) is 5.73 Å². The highest BCUT2D eigenvalue weighted by Gasteiger charge is 2.16. The first kappa shape index (κ1) is 20.8. The van der Waals surface area contributed by atoms with Crippen molar-refractivity contribution in [3.05, 3.63) is 77.4 Å². The zero-order valence-corrected chi connectivity index (χ0v) is 17.5. The maximum atomic E-state index is 11.7. The van der Waals surface area contributed by atoms with E-state index in [0.717, 1.165) is 27.5 Å². The maximum absolute atomic E-state index is 11.7. The first-order valence-electron chi connectivity index (χ1n) is 9.59. The molecule has 0 atom stereocenters. The van der Waals surface area contributed by atoms with Gasteiger partial charge in [-0.1, -0.05) is 37.2 Å². The first-order valence-corrected chi connectivity index (χ1v) is 10.4. The highest BCUT2D eigenvalue weighted by Crippen LogP contribution is 2.34. The number of nitrogens with two attached hydrogens (primary N) is 1. The number of carbonyl (C=O) groups excluding carboxylic acids is 1. The number of anilines is 1. The van der Waals surface area contributed by atoms with Crippen LogP contribution in [0.15, 0.2) is 70.5 Å². The van der Waals surface area contributed by atoms with Gasteiger partial charge in [0, 0.05) is 21.0 Å². The topological polar surface area (TPSA) is 72.5 Å². The SMILES string of the molecule is CCCc1c(OCc2cccc(Sc3ccc(N)cc3)c2)ccc(C(C)=O)c1O. The van der Waals surface area contributed by atoms with Crippen LogP contribution in [-0.2, 0) is 13.0 Å². The second-order valence-electron chi connectivity index (χ2n) is 6.85. The van der Waals surface area contributed by atoms with Crippen LogP contribution in [0.25, 0.3) is 0 Å². The van der Waals surface area contributed by atoms with Crippen LogP contribution in [0.1, 0.15) is 41.8 Å². The number of aromatic hydroxyl groups is 1. The molecule has 4 nitrogen and oxygen atoms in total. The molecule has 0 aliphatic carbocycles. The fraction of sp³-hybridized carbons (Fsp3) is 0.208. The van der Waals surface area contributed by atoms with Crippen molar-refractivity contribution in [1.82, 2.24) is 0 Å². The van der Waals surface area contributed by atoms with Gasteiger partial charge < -0.3 is 15.6 Å². The van der Waals surface area contributed by atoms with E-state index < -0.39 is 0 Å². The summed E-state index contributed by atoms with van der Waals surface area (Å²) in [5.74, 6) is 0.495. The second-order valence-corrected chi connectivity index (χ2v) is 8.00. The highest BCUT2D eigenvalue weighted by atomic mass is 32.2. The fourth-order valence-electron chi connectivity index (χ4n) is 3.06. The van der Waals surface area contributed by atoms with E-state index >= 15 is 0 Å². The molecule has 0 aliphatic rings. The molecule has 3 aromatic carbocycles. The Labute approximate surface area is 175 Å². The van der Waals surface area contributed by atoms with Crippen molar-refractivity contribution in [2.45, 2.75) is 43.1 Å². The molecule has 0 bridgehead atoms. The Balaban J connectivity index is 1.75. The molecule has 3 aromatic rings. The highest BCUT2D eigenvalue weighted by molar-refractivity contribution is 7.99. The number of hydrogen-bond acceptors (Lipinski definition) is 5. The Kier molecular flexibility index (Phi) is 6.83. The van der Waals surface area contributed by atoms with E-state index in [4.69, 9.17) is 10.5 Å². The molecule has 0 unspecified atom stereocenters. The molecule has 0 aromatic heterocycles. The number of phenols is 1. The standard InChI is InChI=1S/C24H25NO3S/c1-3-5-22-23(13-12-21(16(2)26)24(22)27)28-15-17-6-4-7-20(14-17)29-19-10-8-18(25)9-11-19/h4,6-14,27H,3,5,15,25H2,1-2H3. The van der Waals surface area contributed by atoms with Gasteiger partial charge in [0.1, 0.15) is 18.1 Å². The molecular weight excluding hydrogens is 382 g/mol. The number of benzene rings is 3. The smallest absolute Gasteiger partial charge is 0.163 e. The Bertz CT molecular complexity index is 1000. The zero-order chi connectivity index (χ0) is 20.8. The average Bonchev–Trinajstić information content (AvgIpc) is 2.70. The summed E-state index contributed by atoms with van der Waals surface area (Å²) in [5.41, 5.74) is 8.55. The summed E-state index contributed by atoms with van der Waals surface area (Å²) < 4.78 is 6.02. The van der Waals surface area contributed by atoms with Gasteiger partial charge in [-0.2, -0.15) is 0 Å². The van der Waals surface area contributed by atoms with Gasteiger partial charge in [-0.15, -0.1) is 0 Å². The Hall–Kier alpha value is -2.92. The summed E-state index contributed by atoms with van der Waals surface area (Å²) >= 11 is 1.66. The number of ketones is 1. The molecule has 29 heavy (non-hydrogen) atoms. The van der Waals surface area contributed by atoms with Crippen LogP contribution in [0, 0.1) is 0 Å². The van der Waals surface area contributed by atoms with Crippen LogP contribution in [0.5, 0.6) is 11.5 Å². The Morgan fingerprint density at radius 3 is 2.52 bits per heavy atom. The second kappa shape index (κ2) is 9.52. The van der Waals surface area contributed by atoms with Crippen molar-refractivity contribution in [3.8, 4) is 11.5 Å². The van der Waals surface area contributed by atoms with Crippen LogP contribution < -0.4 is 10.5 Å². The van der Waals surface area contributed by atoms with E-state index in [1.54, 1.807) is 23.9 Å². The van der Waals surface area contributed by atoms with Gasteiger partial charge in [0.25, 0.3) is 0 Å². The number of phenolic OH excluding ortho intramolecular Hbond substituents is 1. The van der Waals surface area contributed by atoms with Crippen LogP contribution in [-0.4, -0.2) is 10.9 Å². The van der Waals surface area contributed by atoms with Crippen LogP contribution in [0.4, 0.5) is 5.69 Å². The van der Waals surface area contributed by atoms with E-state index in [0.29, 0.717) is 29.9 Å². The lowest BCUT2D eigenvalue weighted by molar-refractivity contribution is 0.101. The van der Waals surface area contributed by atoms with Crippen molar-refractivity contribution >= 4 is 23.2 Å². The molecule has 0 radical (unpaired) electrons. The van der Waals surface area contributed by atoms with E-state index in [1.165, 1.54) is 6.92 Å². The molecule has 3 rings (SSSR count). The summed E-state index contributed by atoms with van der Waals surface area (Å²) in [5, 5.41) is 10.5. The maximum Gasteiger partial charge on any atom is 0.163 e. The molecule has 0 saturated carbocycles. The predicted octanol–water partition coefficient (Wildman–Crippen LogP) is 5.86. The minimum atomic E-state index is -0.154. The number of Topliss-reactive ketones (excluding diaryl/α,β-unsaturated/α-hetero) is 1. The summed E-state index contributed by atoms with van der Waals surface area (Å²) in [7, 11) is 0. The molecule has 0 heterocycles. The molecule has 150 valence electrons. The molecule has 0 aliphatic heterocycles. The predicted molar refractivity (Wildman–Crippen MR) is 118 cm³/mol. The third kappa shape index (κ3) is 5.33. The van der Waals surface area contributed by atoms with E-state index in [1.807, 2.05) is 43.3 Å². The lowest BCUT2D eigenvalue weighted by atomic mass is 10.0. The van der Waals surface area contributed by atoms with Crippen LogP contribution in [0.2, 0.25) is 0 Å². The van der Waals surface area contributed by atoms with Crippen molar-refractivity contribution < 1.29 is 14.6 Å². The van der Waals surface area contributed by atoms with Gasteiger partial charge >= 0.3 is 0 Å². The molecule has 5 heteroatoms. The largest absolute Gasteiger partial charge is 0.507 e. The number of ether oxygens (including phenoxy) is 1. The van der Waals surface area contributed by atoms with E-state index in [-0.39, 0.29) is 11.5 Å². The minimum absolute atomic E-state index is 0.0320. The van der Waals surface area contributed by atoms with Gasteiger partial charge in [0.2, 0.25) is 0 Å². The molecule has 0 saturated heterocycles. The quantitative estimate of drug-likeness (QED) is 0.361. The monoisotopic (exact) mass is 407 g/mol. The van der Waals surface area contributed by atoms with Gasteiger partial charge in [-0.25, -0.2) is 0 Å². The third-order valence-electron chi connectivity index (χ3n) is 4.53. The first-order chi connectivity index (χ1) is 14.0. The van der Waals surface area contributed by atoms with E-state index in [2.05, 4.69) is 12.1 Å². The van der Waals surface area contributed by atoms with Gasteiger partial charge in [0.15, 0.2) is 5.78 Å². The summed E-state index contributed by atoms with van der Waals surface area (Å²) in [6, 6.07) is 19.3. The molecule has 0 amide bonds. The number of nitrogen functional groups attached to an aromatic ring is 1. The molecule has 3 N–H and O–H groups in total. The fourth-order valence-corrected chi connectivity index (χ4v) is 3.96. The third-order valence-corrected chi connectivity index (χ3v) is 5.53. The summed E-state index contributed by atoms with van der Waals surface area (Å²) in [4.78, 5) is 13.9. The molecule has 0 spiro atoms. The zero-order valence-electron chi connectivity index (χ0n) is 16.6. The van der Waals surface area contributed by atoms with Crippen LogP contribution in [0.3, 0.4) is 0 Å². The molecule has 0 fully saturated rings. The normalized spacial score (nSPS) is 10.7. The van der Waals surface area contributed by atoms with Crippen molar-refractivity contribution in [2.24, 2.45) is 0 Å². The molecular formula is C24H25NO3S. The van der Waals surface area contributed by atoms with E-state index in [9.17, 15) is 9.90 Å². The number of carbonyl (C=O) groups is 1. The summed E-state index contributed by atoms with van der Waals surface area (Å²) in [6.07, 6.45) is 1.49. The number of hydrogen-bond donors (Lipinski definition) is 2. The lowest BCUT2D eigenvalue weighted by Gasteiger charge is -2.15. The minimum Gasteiger partial charge on any atom is -0.507 e. The van der Waals surface area contributed by atoms with Crippen LogP contribution >= 0.6 is 11.8 Å². The lowest BCUT2D eigenvalue weighted by Crippen LogP contribution is -2.02. The van der Waals surface area contributed by atoms with Gasteiger partial charge in [-0.3, -0.25) is 4.79 Å². The summed E-state index contributed by atoms with van der Waals surface area (Å²) in [6.45, 7) is 3.86. The average molecular weight is 408 g/mol. The van der Waals surface area contributed by atoms with Gasteiger partial charge in [-0.05, 0) is 67.4 Å². The Morgan fingerprint density at radius 2 is 1.83 bits per heavy atom. The number of rotatable bonds is 8.